The molecule has 0 radical (unpaired) electrons. The second-order valence-corrected chi connectivity index (χ2v) is 9.95. The van der Waals surface area contributed by atoms with Crippen LogP contribution in [0.15, 0.2) is 66.4 Å². The minimum absolute atomic E-state index is 0.0208. The van der Waals surface area contributed by atoms with Crippen molar-refractivity contribution in [3.8, 4) is 0 Å². The van der Waals surface area contributed by atoms with E-state index in [1.165, 1.54) is 5.57 Å². The molecule has 0 aromatic carbocycles. The Hall–Kier alpha value is -2.66. The van der Waals surface area contributed by atoms with Crippen LogP contribution in [0.25, 0.3) is 0 Å². The molecule has 0 bridgehead atoms. The lowest BCUT2D eigenvalue weighted by molar-refractivity contribution is -0.152. The molecule has 1 aromatic rings. The van der Waals surface area contributed by atoms with Crippen LogP contribution in [0, 0.1) is 17.8 Å². The Morgan fingerprint density at radius 1 is 1.14 bits per heavy atom. The van der Waals surface area contributed by atoms with E-state index in [9.17, 15) is 14.7 Å². The lowest BCUT2D eigenvalue weighted by Crippen LogP contribution is -2.40. The number of Topliss-reactive ketones (excluding diaryl/α,β-unsaturated/α-hetero) is 1. The Morgan fingerprint density at radius 3 is 2.56 bits per heavy atom. The summed E-state index contributed by atoms with van der Waals surface area (Å²) in [6.45, 7) is 8.26. The Bertz CT molecular complexity index is 909. The molecule has 1 aliphatic heterocycles. The number of aromatic nitrogens is 1. The van der Waals surface area contributed by atoms with Crippen LogP contribution < -0.4 is 0 Å². The van der Waals surface area contributed by atoms with Crippen LogP contribution in [0.5, 0.6) is 0 Å². The number of hydrogen-bond donors (Lipinski definition) is 2. The van der Waals surface area contributed by atoms with Crippen LogP contribution in [0.4, 0.5) is 0 Å². The van der Waals surface area contributed by atoms with Gasteiger partial charge in [0.15, 0.2) is 5.78 Å². The number of carboxylic acid groups (broad SMARTS) is 1. The predicted octanol–water partition coefficient (Wildman–Crippen LogP) is 7.69. The van der Waals surface area contributed by atoms with Gasteiger partial charge in [0.1, 0.15) is 0 Å². The first-order valence-electron chi connectivity index (χ1n) is 13.6. The maximum absolute atomic E-state index is 12.1. The Kier molecular flexibility index (Phi) is 13.3. The summed E-state index contributed by atoms with van der Waals surface area (Å²) in [5.41, 5.74) is 1.92. The van der Waals surface area contributed by atoms with Crippen molar-refractivity contribution < 1.29 is 19.4 Å². The zero-order chi connectivity index (χ0) is 26.3. The van der Waals surface area contributed by atoms with Crippen LogP contribution >= 0.6 is 0 Å². The molecule has 2 heterocycles. The highest BCUT2D eigenvalue weighted by atomic mass is 16.5. The van der Waals surface area contributed by atoms with Crippen LogP contribution in [0.2, 0.25) is 0 Å². The normalized spacial score (nSPS) is 23.0. The number of carbonyl (C=O) groups is 2. The van der Waals surface area contributed by atoms with Crippen molar-refractivity contribution in [2.45, 2.75) is 91.3 Å². The quantitative estimate of drug-likeness (QED) is 0.148. The van der Waals surface area contributed by atoms with Gasteiger partial charge < -0.3 is 14.8 Å². The van der Waals surface area contributed by atoms with Crippen LogP contribution in [0.1, 0.15) is 89.5 Å². The fourth-order valence-electron chi connectivity index (χ4n) is 4.72. The van der Waals surface area contributed by atoms with E-state index >= 15 is 0 Å². The molecule has 36 heavy (non-hydrogen) atoms. The fraction of sp³-hybridized carbons (Fsp3) is 0.548. The minimum Gasteiger partial charge on any atom is -0.481 e. The summed E-state index contributed by atoms with van der Waals surface area (Å²) in [6.07, 6.45) is 23.6. The first-order valence-corrected chi connectivity index (χ1v) is 13.6. The van der Waals surface area contributed by atoms with Crippen LogP contribution in [-0.4, -0.2) is 34.1 Å². The first kappa shape index (κ1) is 29.6. The highest BCUT2D eigenvalue weighted by molar-refractivity contribution is 5.94. The zero-order valence-electron chi connectivity index (χ0n) is 22.5. The SMILES string of the molecule is CC\C(=C/C=C/C=C/C=C/[C@@H](CC)CCCCC(=O)c1ccc[nH]1)[C@H]1O[C@@H]([C@@H](C)C(=O)O)CC[C@@H]1C. The molecule has 1 saturated heterocycles. The Labute approximate surface area is 217 Å². The third-order valence-corrected chi connectivity index (χ3v) is 7.26. The third kappa shape index (κ3) is 9.77. The number of ether oxygens (including phenoxy) is 1. The highest BCUT2D eigenvalue weighted by Crippen LogP contribution is 2.33. The van der Waals surface area contributed by atoms with E-state index in [2.05, 4.69) is 50.1 Å². The maximum atomic E-state index is 12.1. The van der Waals surface area contributed by atoms with Gasteiger partial charge in [-0.1, -0.05) is 69.7 Å². The monoisotopic (exact) mass is 495 g/mol. The van der Waals surface area contributed by atoms with E-state index in [1.54, 1.807) is 13.1 Å². The predicted molar refractivity (Wildman–Crippen MR) is 147 cm³/mol. The van der Waals surface area contributed by atoms with Crippen molar-refractivity contribution in [1.82, 2.24) is 4.98 Å². The number of allylic oxidation sites excluding steroid dienone is 7. The molecule has 2 N–H and O–H groups in total. The molecule has 1 fully saturated rings. The zero-order valence-corrected chi connectivity index (χ0v) is 22.5. The van der Waals surface area contributed by atoms with Crippen molar-refractivity contribution in [3.63, 3.8) is 0 Å². The van der Waals surface area contributed by atoms with E-state index in [0.717, 1.165) is 44.9 Å². The molecule has 5 atom stereocenters. The molecule has 0 aliphatic carbocycles. The topological polar surface area (TPSA) is 79.4 Å². The van der Waals surface area contributed by atoms with Gasteiger partial charge in [0.2, 0.25) is 0 Å². The van der Waals surface area contributed by atoms with E-state index in [4.69, 9.17) is 4.74 Å². The average Bonchev–Trinajstić information content (AvgIpc) is 3.42. The molecular weight excluding hydrogens is 450 g/mol. The fourth-order valence-corrected chi connectivity index (χ4v) is 4.72. The standard InChI is InChI=1S/C31H45NO4/c1-5-25(16-12-13-19-28(33)27-18-14-22-32-27)15-10-8-7-9-11-17-26(6-2)30-23(3)20-21-29(36-30)24(4)31(34)35/h7-11,14-15,17-18,22-25,29-30,32H,5-6,12-13,16,19-21H2,1-4H3,(H,34,35)/b8-7+,11-9+,15-10+,26-17+/t23-,24+,25+,29+,30-/m0/s1. The number of nitrogens with one attached hydrogen (secondary N) is 1. The van der Waals surface area contributed by atoms with Gasteiger partial charge in [-0.3, -0.25) is 9.59 Å². The number of hydrogen-bond acceptors (Lipinski definition) is 3. The smallest absolute Gasteiger partial charge is 0.308 e. The van der Waals surface area contributed by atoms with Gasteiger partial charge in [0.25, 0.3) is 0 Å². The molecule has 0 saturated carbocycles. The number of unbranched alkanes of at least 4 members (excludes halogenated alkanes) is 1. The molecule has 2 rings (SSSR count). The number of rotatable bonds is 15. The summed E-state index contributed by atoms with van der Waals surface area (Å²) in [5.74, 6) is -0.170. The number of aromatic amines is 1. The van der Waals surface area contributed by atoms with Gasteiger partial charge in [0, 0.05) is 12.6 Å². The lowest BCUT2D eigenvalue weighted by atomic mass is 9.85. The second kappa shape index (κ2) is 16.2. The summed E-state index contributed by atoms with van der Waals surface area (Å²) >= 11 is 0. The highest BCUT2D eigenvalue weighted by Gasteiger charge is 2.35. The van der Waals surface area contributed by atoms with Gasteiger partial charge >= 0.3 is 5.97 Å². The molecule has 0 spiro atoms. The van der Waals surface area contributed by atoms with E-state index < -0.39 is 11.9 Å². The Morgan fingerprint density at radius 2 is 1.89 bits per heavy atom. The number of ketones is 1. The molecular formula is C31H45NO4. The molecule has 0 amide bonds. The Balaban J connectivity index is 1.78. The van der Waals surface area contributed by atoms with Crippen molar-refractivity contribution >= 4 is 11.8 Å². The van der Waals surface area contributed by atoms with Crippen molar-refractivity contribution in [2.24, 2.45) is 17.8 Å². The molecule has 198 valence electrons. The van der Waals surface area contributed by atoms with Crippen molar-refractivity contribution in [3.05, 3.63) is 72.1 Å². The third-order valence-electron chi connectivity index (χ3n) is 7.26. The number of aliphatic carboxylic acids is 1. The number of H-pyrrole nitrogens is 1. The summed E-state index contributed by atoms with van der Waals surface area (Å²) in [6, 6.07) is 3.69. The van der Waals surface area contributed by atoms with Gasteiger partial charge in [-0.2, -0.15) is 0 Å². The summed E-state index contributed by atoms with van der Waals surface area (Å²) in [7, 11) is 0. The summed E-state index contributed by atoms with van der Waals surface area (Å²) in [4.78, 5) is 26.4. The minimum atomic E-state index is -0.790. The van der Waals surface area contributed by atoms with Gasteiger partial charge in [-0.05, 0) is 75.0 Å². The first-order chi connectivity index (χ1) is 17.4. The molecule has 5 nitrogen and oxygen atoms in total. The van der Waals surface area contributed by atoms with Gasteiger partial charge in [-0.15, -0.1) is 0 Å². The van der Waals surface area contributed by atoms with Gasteiger partial charge in [-0.25, -0.2) is 0 Å². The summed E-state index contributed by atoms with van der Waals surface area (Å²) < 4.78 is 6.25. The molecule has 5 heteroatoms. The van der Waals surface area contributed by atoms with Crippen LogP contribution in [0.3, 0.4) is 0 Å². The van der Waals surface area contributed by atoms with E-state index in [-0.39, 0.29) is 18.0 Å². The summed E-state index contributed by atoms with van der Waals surface area (Å²) in [5, 5.41) is 9.35. The lowest BCUT2D eigenvalue weighted by Gasteiger charge is -2.37. The van der Waals surface area contributed by atoms with Crippen molar-refractivity contribution in [2.75, 3.05) is 0 Å². The molecule has 0 unspecified atom stereocenters. The van der Waals surface area contributed by atoms with Gasteiger partial charge in [0.05, 0.1) is 23.8 Å². The van der Waals surface area contributed by atoms with E-state index in [1.807, 2.05) is 30.4 Å². The van der Waals surface area contributed by atoms with E-state index in [0.29, 0.717) is 24.0 Å². The largest absolute Gasteiger partial charge is 0.481 e. The average molecular weight is 496 g/mol. The van der Waals surface area contributed by atoms with Crippen molar-refractivity contribution in [1.29, 1.82) is 0 Å². The molecule has 1 aliphatic rings. The number of carbonyl (C=O) groups excluding carboxylic acids is 1. The number of carboxylic acids is 1. The maximum Gasteiger partial charge on any atom is 0.308 e. The second-order valence-electron chi connectivity index (χ2n) is 9.95. The molecule has 1 aromatic heterocycles. The van der Waals surface area contributed by atoms with Crippen LogP contribution in [-0.2, 0) is 9.53 Å².